The number of allylic oxidation sites excluding steroid dienone is 2. The van der Waals surface area contributed by atoms with Crippen LogP contribution >= 0.6 is 0 Å². The van der Waals surface area contributed by atoms with Crippen molar-refractivity contribution in [2.75, 3.05) is 31.4 Å². The summed E-state index contributed by atoms with van der Waals surface area (Å²) in [6.07, 6.45) is 9.05. The fourth-order valence-electron chi connectivity index (χ4n) is 8.50. The number of methoxy groups -OCH3 is 1. The number of hydrogen-bond donors (Lipinski definition) is 4. The van der Waals surface area contributed by atoms with Crippen LogP contribution in [0.5, 0.6) is 23.0 Å². The molecule has 0 saturated carbocycles. The second-order valence-corrected chi connectivity index (χ2v) is 16.9. The number of aliphatic hydroxyl groups is 1. The van der Waals surface area contributed by atoms with Gasteiger partial charge in [-0.25, -0.2) is 0 Å². The summed E-state index contributed by atoms with van der Waals surface area (Å²) in [4.78, 5) is 30.3. The van der Waals surface area contributed by atoms with Crippen molar-refractivity contribution in [3.63, 3.8) is 0 Å². The van der Waals surface area contributed by atoms with Crippen LogP contribution in [-0.4, -0.2) is 84.2 Å². The molecule has 7 bridgehead atoms. The van der Waals surface area contributed by atoms with Crippen LogP contribution in [-0.2, 0) is 23.7 Å². The van der Waals surface area contributed by atoms with Crippen molar-refractivity contribution >= 4 is 33.8 Å². The summed E-state index contributed by atoms with van der Waals surface area (Å²) in [5.41, 5.74) is 0.521. The van der Waals surface area contributed by atoms with Crippen LogP contribution < -0.4 is 24.6 Å². The topological polar surface area (TPSA) is 183 Å². The number of pyridine rings is 1. The molecule has 1 fully saturated rings. The number of phenols is 2. The van der Waals surface area contributed by atoms with Gasteiger partial charge in [0.15, 0.2) is 35.4 Å². The average molecular weight is 816 g/mol. The molecule has 1 saturated heterocycles. The average Bonchev–Trinajstić information content (AvgIpc) is 3.45. The maximum atomic E-state index is 14.5. The van der Waals surface area contributed by atoms with Gasteiger partial charge in [0, 0.05) is 86.0 Å². The molecule has 14 heteroatoms. The van der Waals surface area contributed by atoms with Crippen molar-refractivity contribution in [2.45, 2.75) is 98.3 Å². The summed E-state index contributed by atoms with van der Waals surface area (Å²) < 4.78 is 32.3. The van der Waals surface area contributed by atoms with Crippen LogP contribution in [0, 0.1) is 30.6 Å². The Labute approximate surface area is 345 Å². The number of phenolic OH excluding ortho intramolecular Hbond substituents is 2. The fourth-order valence-corrected chi connectivity index (χ4v) is 8.50. The van der Waals surface area contributed by atoms with E-state index in [1.54, 1.807) is 49.7 Å². The minimum Gasteiger partial charge on any atom is -0.872 e. The normalized spacial score (nSPS) is 31.8. The quantitative estimate of drug-likeness (QED) is 0.144. The Kier molecular flexibility index (Phi) is 11.9. The number of aliphatic hydroxyl groups excluding tert-OH is 1. The lowest BCUT2D eigenvalue weighted by Gasteiger charge is -2.49. The number of ether oxygens (including phenoxy) is 5. The first-order chi connectivity index (χ1) is 27.6. The summed E-state index contributed by atoms with van der Waals surface area (Å²) in [5, 5.41) is 52.2. The molecule has 5 heterocycles. The van der Waals surface area contributed by atoms with Crippen LogP contribution in [0.4, 0.5) is 11.4 Å². The number of nitrogens with one attached hydrogen (secondary N) is 1. The van der Waals surface area contributed by atoms with E-state index in [0.717, 1.165) is 5.69 Å². The van der Waals surface area contributed by atoms with Crippen LogP contribution in [0.2, 0.25) is 0 Å². The van der Waals surface area contributed by atoms with Gasteiger partial charge in [0.25, 0.3) is 17.4 Å². The molecule has 14 nitrogen and oxygen atoms in total. The molecule has 318 valence electrons. The molecule has 4 aliphatic rings. The van der Waals surface area contributed by atoms with Gasteiger partial charge in [-0.1, -0.05) is 51.7 Å². The highest BCUT2D eigenvalue weighted by Crippen LogP contribution is 2.55. The lowest BCUT2D eigenvalue weighted by atomic mass is 9.77. The summed E-state index contributed by atoms with van der Waals surface area (Å²) in [6, 6.07) is 3.51. The molecule has 4 N–H and O–H groups in total. The standard InChI is InChI=1S/C45H57N3O11/c1-22-14-13-15-23(2)43(54)46-33-34(48-19-16-28(17-20-48)47(10)11)38(52)30-31(37(33)51)36(50)26(5)41-32(30)42(53)45(9,59-41)56-21-18-29(55-12)24(3)35(49)25(4)40-27(6)39(22)57-44(7,8)58-40/h13-22,24-25,27,29,35,39-40,49H,1-12H3,(H3-,46,50,51,52,53,54)/b14-13+,21-18+,23-15-. The number of aromatic hydroxyl groups is 2. The molecule has 4 aliphatic heterocycles. The van der Waals surface area contributed by atoms with Crippen LogP contribution in [0.15, 0.2) is 60.7 Å². The first kappa shape index (κ1) is 43.4. The summed E-state index contributed by atoms with van der Waals surface area (Å²) in [5.74, 6) is -7.55. The molecular weight excluding hydrogens is 759 g/mol. The summed E-state index contributed by atoms with van der Waals surface area (Å²) in [6.45, 7) is 15.9. The van der Waals surface area contributed by atoms with E-state index in [9.17, 15) is 30.0 Å². The molecule has 3 aromatic rings. The first-order valence-corrected chi connectivity index (χ1v) is 19.9. The van der Waals surface area contributed by atoms with Gasteiger partial charge in [-0.3, -0.25) is 9.59 Å². The van der Waals surface area contributed by atoms with Gasteiger partial charge in [-0.2, -0.15) is 4.57 Å². The van der Waals surface area contributed by atoms with Gasteiger partial charge in [0.05, 0.1) is 36.2 Å². The summed E-state index contributed by atoms with van der Waals surface area (Å²) >= 11 is 0. The smallest absolute Gasteiger partial charge is 0.312 e. The zero-order valence-corrected chi connectivity index (χ0v) is 35.8. The third kappa shape index (κ3) is 7.74. The Hall–Kier alpha value is -5.15. The van der Waals surface area contributed by atoms with E-state index in [4.69, 9.17) is 23.7 Å². The maximum Gasteiger partial charge on any atom is 0.312 e. The van der Waals surface area contributed by atoms with Crippen molar-refractivity contribution < 1.29 is 58.3 Å². The van der Waals surface area contributed by atoms with Crippen LogP contribution in [0.1, 0.15) is 71.3 Å². The van der Waals surface area contributed by atoms with Crippen LogP contribution in [0.25, 0.3) is 16.5 Å². The third-order valence-electron chi connectivity index (χ3n) is 12.0. The zero-order chi connectivity index (χ0) is 43.5. The highest BCUT2D eigenvalue weighted by Gasteiger charge is 2.50. The predicted molar refractivity (Wildman–Crippen MR) is 220 cm³/mol. The van der Waals surface area contributed by atoms with Gasteiger partial charge in [0.1, 0.15) is 5.75 Å². The van der Waals surface area contributed by atoms with E-state index in [2.05, 4.69) is 5.32 Å². The predicted octanol–water partition coefficient (Wildman–Crippen LogP) is 5.69. The Balaban J connectivity index is 1.56. The van der Waals surface area contributed by atoms with Crippen molar-refractivity contribution in [3.05, 3.63) is 71.8 Å². The molecule has 9 atom stereocenters. The minimum atomic E-state index is -2.01. The fraction of sp³-hybridized carbons (Fsp3) is 0.489. The molecule has 1 aromatic heterocycles. The van der Waals surface area contributed by atoms with Gasteiger partial charge in [-0.05, 0) is 39.3 Å². The second-order valence-electron chi connectivity index (χ2n) is 16.9. The number of Topliss-reactive ketones (excluding diaryl/α,β-unsaturated/α-hetero) is 1. The number of carbonyl (C=O) groups excluding carboxylic acids is 2. The number of aromatic nitrogens is 1. The van der Waals surface area contributed by atoms with Crippen molar-refractivity contribution in [3.8, 4) is 28.7 Å². The highest BCUT2D eigenvalue weighted by molar-refractivity contribution is 6.22. The largest absolute Gasteiger partial charge is 0.872 e. The van der Waals surface area contributed by atoms with E-state index >= 15 is 0 Å². The Bertz CT molecular complexity index is 2230. The lowest BCUT2D eigenvalue weighted by Crippen LogP contribution is -2.56. The summed E-state index contributed by atoms with van der Waals surface area (Å²) in [7, 11) is 5.23. The molecular formula is C45H57N3O11. The first-order valence-electron chi connectivity index (χ1n) is 19.9. The van der Waals surface area contributed by atoms with Gasteiger partial charge in [0.2, 0.25) is 0 Å². The SMILES string of the molecule is COC1/C=C/OC2(C)Oc3c(C)c([O-])c4c(O)c(c(-[n+]5ccc(N(C)C)cc5)c(O)c4c3C2=O)NC(=O)/C(C)=C\C=C\C(C)C2OC(C)(C)OC(C(C)C(O)C1C)C2C. The van der Waals surface area contributed by atoms with E-state index < -0.39 is 64.7 Å². The molecule has 0 spiro atoms. The molecule has 9 unspecified atom stereocenters. The van der Waals surface area contributed by atoms with E-state index in [0.29, 0.717) is 0 Å². The Morgan fingerprint density at radius 1 is 0.915 bits per heavy atom. The molecule has 2 aromatic carbocycles. The number of benzene rings is 2. The zero-order valence-electron chi connectivity index (χ0n) is 35.8. The molecule has 0 aliphatic carbocycles. The molecule has 7 rings (SSSR count). The highest BCUT2D eigenvalue weighted by atomic mass is 16.7. The molecule has 0 radical (unpaired) electrons. The van der Waals surface area contributed by atoms with E-state index in [1.807, 2.05) is 66.6 Å². The number of ketones is 1. The third-order valence-corrected chi connectivity index (χ3v) is 12.0. The molecule has 59 heavy (non-hydrogen) atoms. The van der Waals surface area contributed by atoms with Crippen molar-refractivity contribution in [2.24, 2.45) is 23.7 Å². The number of nitrogens with zero attached hydrogens (tertiary/aromatic N) is 2. The monoisotopic (exact) mass is 815 g/mol. The van der Waals surface area contributed by atoms with Crippen molar-refractivity contribution in [1.82, 2.24) is 0 Å². The Morgan fingerprint density at radius 3 is 2.19 bits per heavy atom. The number of anilines is 2. The van der Waals surface area contributed by atoms with Gasteiger partial charge in [-0.15, -0.1) is 0 Å². The van der Waals surface area contributed by atoms with E-state index in [-0.39, 0.29) is 68.5 Å². The lowest BCUT2D eigenvalue weighted by molar-refractivity contribution is -0.595. The number of amides is 1. The van der Waals surface area contributed by atoms with E-state index in [1.165, 1.54) is 31.8 Å². The number of carbonyl (C=O) groups is 2. The number of fused-ring (bicyclic) bond motifs is 10. The maximum absolute atomic E-state index is 14.5. The van der Waals surface area contributed by atoms with Gasteiger partial charge >= 0.3 is 5.79 Å². The minimum absolute atomic E-state index is 0.0185. The second kappa shape index (κ2) is 16.1. The Morgan fingerprint density at radius 2 is 1.56 bits per heavy atom. The number of hydrogen-bond acceptors (Lipinski definition) is 12. The molecule has 1 amide bonds. The van der Waals surface area contributed by atoms with Crippen LogP contribution in [0.3, 0.4) is 0 Å². The van der Waals surface area contributed by atoms with Crippen molar-refractivity contribution in [1.29, 1.82) is 0 Å². The number of rotatable bonds is 3. The van der Waals surface area contributed by atoms with Gasteiger partial charge < -0.3 is 54.3 Å².